The third kappa shape index (κ3) is 5.59. The molecule has 36 heavy (non-hydrogen) atoms. The first-order valence-electron chi connectivity index (χ1n) is 11.6. The summed E-state index contributed by atoms with van der Waals surface area (Å²) in [6.45, 7) is -0.347. The molecule has 186 valence electrons. The lowest BCUT2D eigenvalue weighted by Crippen LogP contribution is -2.51. The third-order valence-corrected chi connectivity index (χ3v) is 6.13. The van der Waals surface area contributed by atoms with Crippen LogP contribution in [0.3, 0.4) is 0 Å². The Balaban J connectivity index is 1.52. The van der Waals surface area contributed by atoms with E-state index in [9.17, 15) is 19.8 Å². The molecule has 1 aliphatic rings. The zero-order valence-electron chi connectivity index (χ0n) is 19.8. The van der Waals surface area contributed by atoms with Crippen molar-refractivity contribution >= 4 is 17.5 Å². The quantitative estimate of drug-likeness (QED) is 0.418. The lowest BCUT2D eigenvalue weighted by molar-refractivity contribution is -0.126. The van der Waals surface area contributed by atoms with E-state index >= 15 is 0 Å². The van der Waals surface area contributed by atoms with Crippen LogP contribution in [0.4, 0.5) is 0 Å². The number of nitrogens with zero attached hydrogens (tertiary/aromatic N) is 3. The van der Waals surface area contributed by atoms with Gasteiger partial charge in [-0.3, -0.25) is 14.6 Å². The van der Waals surface area contributed by atoms with Gasteiger partial charge in [-0.1, -0.05) is 47.6 Å². The Morgan fingerprint density at radius 3 is 2.39 bits per heavy atom. The molecule has 3 atom stereocenters. The molecule has 1 fully saturated rings. The summed E-state index contributed by atoms with van der Waals surface area (Å²) in [5, 5.41) is 27.2. The Morgan fingerprint density at radius 2 is 1.75 bits per heavy atom. The molecule has 0 saturated carbocycles. The minimum atomic E-state index is -1.11. The first-order chi connectivity index (χ1) is 17.5. The summed E-state index contributed by atoms with van der Waals surface area (Å²) in [6.07, 6.45) is 2.47. The highest BCUT2D eigenvalue weighted by atomic mass is 16.6. The van der Waals surface area contributed by atoms with Gasteiger partial charge in [0, 0.05) is 24.4 Å². The van der Waals surface area contributed by atoms with E-state index in [0.29, 0.717) is 16.8 Å². The molecule has 2 aromatic carbocycles. The maximum Gasteiger partial charge on any atom is 0.254 e. The minimum absolute atomic E-state index is 0.127. The number of rotatable bonds is 8. The number of carbonyl (C=O) groups excluding carboxylic acids is 2. The number of amides is 2. The second kappa shape index (κ2) is 11.6. The van der Waals surface area contributed by atoms with Crippen LogP contribution in [-0.4, -0.2) is 70.0 Å². The molecule has 0 radical (unpaired) electrons. The minimum Gasteiger partial charge on any atom is -0.399 e. The van der Waals surface area contributed by atoms with Gasteiger partial charge in [0.25, 0.3) is 5.91 Å². The van der Waals surface area contributed by atoms with Crippen molar-refractivity contribution in [3.8, 4) is 11.1 Å². The number of benzene rings is 2. The fourth-order valence-corrected chi connectivity index (χ4v) is 4.25. The van der Waals surface area contributed by atoms with Crippen molar-refractivity contribution in [3.05, 3.63) is 90.3 Å². The maximum atomic E-state index is 13.4. The maximum absolute atomic E-state index is 13.4. The van der Waals surface area contributed by atoms with Crippen LogP contribution in [0.2, 0.25) is 0 Å². The second-order valence-corrected chi connectivity index (χ2v) is 8.46. The van der Waals surface area contributed by atoms with Crippen LogP contribution in [0.15, 0.2) is 84.3 Å². The van der Waals surface area contributed by atoms with Gasteiger partial charge in [-0.05, 0) is 41.0 Å². The van der Waals surface area contributed by atoms with Crippen LogP contribution in [-0.2, 0) is 9.63 Å². The summed E-state index contributed by atoms with van der Waals surface area (Å²) >= 11 is 0. The zero-order valence-corrected chi connectivity index (χ0v) is 19.8. The van der Waals surface area contributed by atoms with E-state index in [1.165, 1.54) is 12.0 Å². The number of hydrogen-bond acceptors (Lipinski definition) is 7. The van der Waals surface area contributed by atoms with Crippen molar-refractivity contribution < 1.29 is 24.6 Å². The number of aliphatic hydroxyl groups excluding tert-OH is 2. The molecular weight excluding hydrogens is 460 g/mol. The average molecular weight is 489 g/mol. The molecular formula is C27H28N4O5. The Morgan fingerprint density at radius 1 is 1.08 bits per heavy atom. The van der Waals surface area contributed by atoms with Gasteiger partial charge >= 0.3 is 0 Å². The Hall–Kier alpha value is -4.08. The molecule has 0 unspecified atom stereocenters. The Kier molecular flexibility index (Phi) is 8.04. The lowest BCUT2D eigenvalue weighted by Gasteiger charge is -2.28. The summed E-state index contributed by atoms with van der Waals surface area (Å²) in [5.41, 5.74) is 3.44. The highest BCUT2D eigenvalue weighted by molar-refractivity contribution is 6.05. The molecule has 9 nitrogen and oxygen atoms in total. The smallest absolute Gasteiger partial charge is 0.254 e. The SMILES string of the molecule is CO/N=C1\C[C@@H](C(=O)N[C@@H](CO)[C@H](O)c2ccccc2)N(C(=O)c2ccc(-c3ccncc3)cc2)C1. The molecule has 3 N–H and O–H groups in total. The number of likely N-dealkylation sites (tertiary alicyclic amines) is 1. The molecule has 4 rings (SSSR count). The van der Waals surface area contributed by atoms with E-state index in [1.54, 1.807) is 48.8 Å². The van der Waals surface area contributed by atoms with E-state index < -0.39 is 30.7 Å². The van der Waals surface area contributed by atoms with E-state index in [4.69, 9.17) is 4.84 Å². The molecule has 1 aliphatic heterocycles. The number of oxime groups is 1. The van der Waals surface area contributed by atoms with Crippen LogP contribution in [0.1, 0.15) is 28.4 Å². The van der Waals surface area contributed by atoms with Crippen LogP contribution in [0, 0.1) is 0 Å². The van der Waals surface area contributed by atoms with Gasteiger partial charge in [-0.15, -0.1) is 0 Å². The van der Waals surface area contributed by atoms with Crippen molar-refractivity contribution in [3.63, 3.8) is 0 Å². The van der Waals surface area contributed by atoms with Crippen molar-refractivity contribution in [2.45, 2.75) is 24.6 Å². The Bertz CT molecular complexity index is 1200. The van der Waals surface area contributed by atoms with E-state index in [1.807, 2.05) is 30.3 Å². The summed E-state index contributed by atoms with van der Waals surface area (Å²) in [4.78, 5) is 37.0. The number of aromatic nitrogens is 1. The highest BCUT2D eigenvalue weighted by Gasteiger charge is 2.39. The predicted octanol–water partition coefficient (Wildman–Crippen LogP) is 2.18. The van der Waals surface area contributed by atoms with Crippen LogP contribution < -0.4 is 5.32 Å². The van der Waals surface area contributed by atoms with Crippen LogP contribution in [0.25, 0.3) is 11.1 Å². The van der Waals surface area contributed by atoms with Crippen LogP contribution >= 0.6 is 0 Å². The number of pyridine rings is 1. The van der Waals surface area contributed by atoms with E-state index in [2.05, 4.69) is 15.5 Å². The van der Waals surface area contributed by atoms with Crippen molar-refractivity contribution in [2.24, 2.45) is 5.16 Å². The Labute approximate surface area is 209 Å². The van der Waals surface area contributed by atoms with Gasteiger partial charge in [0.05, 0.1) is 24.9 Å². The van der Waals surface area contributed by atoms with Crippen LogP contribution in [0.5, 0.6) is 0 Å². The first kappa shape index (κ1) is 25.0. The summed E-state index contributed by atoms with van der Waals surface area (Å²) < 4.78 is 0. The molecule has 1 aromatic heterocycles. The summed E-state index contributed by atoms with van der Waals surface area (Å²) in [7, 11) is 1.41. The second-order valence-electron chi connectivity index (χ2n) is 8.46. The first-order valence-corrected chi connectivity index (χ1v) is 11.6. The normalized spacial score (nSPS) is 18.0. The number of hydrogen-bond donors (Lipinski definition) is 3. The monoisotopic (exact) mass is 488 g/mol. The summed E-state index contributed by atoms with van der Waals surface area (Å²) in [6, 6.07) is 17.8. The van der Waals surface area contributed by atoms with Crippen molar-refractivity contribution in [2.75, 3.05) is 20.3 Å². The molecule has 1 saturated heterocycles. The molecule has 2 amide bonds. The van der Waals surface area contributed by atoms with E-state index in [0.717, 1.165) is 11.1 Å². The van der Waals surface area contributed by atoms with Crippen molar-refractivity contribution in [1.29, 1.82) is 0 Å². The van der Waals surface area contributed by atoms with Crippen molar-refractivity contribution in [1.82, 2.24) is 15.2 Å². The summed E-state index contributed by atoms with van der Waals surface area (Å²) in [5.74, 6) is -0.825. The molecule has 0 aliphatic carbocycles. The fraction of sp³-hybridized carbons (Fsp3) is 0.259. The highest BCUT2D eigenvalue weighted by Crippen LogP contribution is 2.24. The third-order valence-electron chi connectivity index (χ3n) is 6.13. The van der Waals surface area contributed by atoms with Gasteiger partial charge in [0.15, 0.2) is 0 Å². The topological polar surface area (TPSA) is 124 Å². The zero-order chi connectivity index (χ0) is 25.5. The number of nitrogens with one attached hydrogen (secondary N) is 1. The predicted molar refractivity (Wildman–Crippen MR) is 134 cm³/mol. The fourth-order valence-electron chi connectivity index (χ4n) is 4.25. The molecule has 9 heteroatoms. The van der Waals surface area contributed by atoms with Gasteiger partial charge in [-0.2, -0.15) is 0 Å². The molecule has 0 spiro atoms. The number of carbonyl (C=O) groups is 2. The lowest BCUT2D eigenvalue weighted by atomic mass is 10.0. The van der Waals surface area contributed by atoms with Gasteiger partial charge in [0.2, 0.25) is 5.91 Å². The average Bonchev–Trinajstić information content (AvgIpc) is 3.36. The van der Waals surface area contributed by atoms with Gasteiger partial charge in [0.1, 0.15) is 19.3 Å². The largest absolute Gasteiger partial charge is 0.399 e. The van der Waals surface area contributed by atoms with Gasteiger partial charge in [-0.25, -0.2) is 0 Å². The molecule has 3 aromatic rings. The van der Waals surface area contributed by atoms with Gasteiger partial charge < -0.3 is 25.3 Å². The molecule has 2 heterocycles. The standard InChI is InChI=1S/C27H28N4O5/c1-36-30-22-15-24(26(34)29-23(17-32)25(33)20-5-3-2-4-6-20)31(16-22)27(35)21-9-7-18(8-10-21)19-11-13-28-14-12-19/h2-14,23-25,32-33H,15-17H2,1H3,(H,29,34)/b30-22+/t23-,24-,25+/m0/s1. The molecule has 0 bridgehead atoms. The number of aliphatic hydroxyl groups is 2. The van der Waals surface area contributed by atoms with E-state index in [-0.39, 0.29) is 18.9 Å².